The van der Waals surface area contributed by atoms with Crippen LogP contribution in [0.2, 0.25) is 0 Å². The van der Waals surface area contributed by atoms with Gasteiger partial charge in [-0.15, -0.1) is 11.3 Å². The lowest BCUT2D eigenvalue weighted by atomic mass is 10.2. The van der Waals surface area contributed by atoms with Crippen LogP contribution in [0.1, 0.15) is 41.6 Å². The molecule has 1 aromatic carbocycles. The van der Waals surface area contributed by atoms with E-state index in [4.69, 9.17) is 4.74 Å². The Hall–Kier alpha value is -2.07. The number of thiophene rings is 1. The van der Waals surface area contributed by atoms with E-state index in [-0.39, 0.29) is 5.91 Å². The summed E-state index contributed by atoms with van der Waals surface area (Å²) in [5.41, 5.74) is 2.07. The van der Waals surface area contributed by atoms with Crippen LogP contribution in [0.5, 0.6) is 5.75 Å². The third-order valence-electron chi connectivity index (χ3n) is 3.21. The molecule has 0 aliphatic rings. The molecule has 122 valence electrons. The van der Waals surface area contributed by atoms with E-state index in [1.807, 2.05) is 54.8 Å². The van der Waals surface area contributed by atoms with Crippen molar-refractivity contribution in [2.24, 2.45) is 5.92 Å². The zero-order valence-electron chi connectivity index (χ0n) is 13.8. The van der Waals surface area contributed by atoms with Crippen molar-refractivity contribution in [3.05, 3.63) is 57.8 Å². The summed E-state index contributed by atoms with van der Waals surface area (Å²) < 4.78 is 5.89. The number of benzene rings is 1. The fraction of sp³-hybridized carbons (Fsp3) is 0.316. The zero-order chi connectivity index (χ0) is 16.7. The van der Waals surface area contributed by atoms with Crippen molar-refractivity contribution < 1.29 is 9.53 Å². The van der Waals surface area contributed by atoms with Crippen LogP contribution in [-0.4, -0.2) is 12.5 Å². The normalized spacial score (nSPS) is 11.1. The summed E-state index contributed by atoms with van der Waals surface area (Å²) in [6.07, 6.45) is 4.01. The van der Waals surface area contributed by atoms with Gasteiger partial charge in [-0.05, 0) is 30.4 Å². The van der Waals surface area contributed by atoms with Crippen LogP contribution in [0.4, 0.5) is 0 Å². The molecule has 0 spiro atoms. The fourth-order valence-corrected chi connectivity index (χ4v) is 2.86. The van der Waals surface area contributed by atoms with Crippen LogP contribution >= 0.6 is 11.3 Å². The maximum Gasteiger partial charge on any atom is 0.261 e. The van der Waals surface area contributed by atoms with Crippen LogP contribution in [0.3, 0.4) is 0 Å². The third-order valence-corrected chi connectivity index (χ3v) is 4.19. The Morgan fingerprint density at radius 3 is 2.87 bits per heavy atom. The predicted molar refractivity (Wildman–Crippen MR) is 97.0 cm³/mol. The molecule has 0 fully saturated rings. The highest BCUT2D eigenvalue weighted by Gasteiger charge is 2.10. The smallest absolute Gasteiger partial charge is 0.261 e. The van der Waals surface area contributed by atoms with E-state index < -0.39 is 0 Å². The van der Waals surface area contributed by atoms with Crippen molar-refractivity contribution in [3.63, 3.8) is 0 Å². The summed E-state index contributed by atoms with van der Waals surface area (Å²) >= 11 is 1.45. The Labute approximate surface area is 142 Å². The topological polar surface area (TPSA) is 38.3 Å². The maximum atomic E-state index is 12.0. The van der Waals surface area contributed by atoms with Gasteiger partial charge in [0, 0.05) is 17.7 Å². The van der Waals surface area contributed by atoms with Crippen LogP contribution < -0.4 is 10.1 Å². The highest BCUT2D eigenvalue weighted by atomic mass is 32.1. The summed E-state index contributed by atoms with van der Waals surface area (Å²) in [7, 11) is 0. The van der Waals surface area contributed by atoms with E-state index in [1.165, 1.54) is 11.3 Å². The molecule has 1 amide bonds. The van der Waals surface area contributed by atoms with Crippen LogP contribution in [0.15, 0.2) is 41.8 Å². The molecule has 0 unspecified atom stereocenters. The second kappa shape index (κ2) is 8.53. The average Bonchev–Trinajstić information content (AvgIpc) is 3.01. The van der Waals surface area contributed by atoms with E-state index in [1.54, 1.807) is 0 Å². The van der Waals surface area contributed by atoms with Crippen molar-refractivity contribution >= 4 is 23.3 Å². The first-order valence-electron chi connectivity index (χ1n) is 7.80. The van der Waals surface area contributed by atoms with Gasteiger partial charge in [-0.2, -0.15) is 0 Å². The van der Waals surface area contributed by atoms with Gasteiger partial charge in [0.25, 0.3) is 5.91 Å². The number of allylic oxidation sites excluding steroid dienone is 1. The number of rotatable bonds is 7. The van der Waals surface area contributed by atoms with E-state index in [2.05, 4.69) is 19.2 Å². The van der Waals surface area contributed by atoms with Crippen molar-refractivity contribution in [3.8, 4) is 5.75 Å². The van der Waals surface area contributed by atoms with Crippen LogP contribution in [-0.2, 0) is 6.61 Å². The molecule has 0 saturated heterocycles. The van der Waals surface area contributed by atoms with Crippen molar-refractivity contribution in [1.29, 1.82) is 0 Å². The van der Waals surface area contributed by atoms with Crippen LogP contribution in [0, 0.1) is 5.92 Å². The Kier molecular flexibility index (Phi) is 6.41. The molecule has 0 saturated carbocycles. The number of carbonyl (C=O) groups excluding carboxylic acids is 1. The molecule has 2 aromatic rings. The summed E-state index contributed by atoms with van der Waals surface area (Å²) in [6, 6.07) is 9.83. The van der Waals surface area contributed by atoms with E-state index in [0.717, 1.165) is 21.8 Å². The first kappa shape index (κ1) is 17.3. The van der Waals surface area contributed by atoms with Crippen molar-refractivity contribution in [2.45, 2.75) is 27.4 Å². The molecule has 4 heteroatoms. The minimum atomic E-state index is -0.00994. The Balaban J connectivity index is 1.96. The SMILES string of the molecule is C/C=C/c1ccccc1OCc1csc(C(=O)NCC(C)C)c1. The molecule has 0 aliphatic carbocycles. The molecule has 1 aromatic heterocycles. The van der Waals surface area contributed by atoms with Gasteiger partial charge in [-0.1, -0.05) is 44.2 Å². The molecule has 1 N–H and O–H groups in total. The molecule has 0 radical (unpaired) electrons. The van der Waals surface area contributed by atoms with E-state index >= 15 is 0 Å². The molecule has 0 bridgehead atoms. The van der Waals surface area contributed by atoms with Gasteiger partial charge in [0.05, 0.1) is 4.88 Å². The lowest BCUT2D eigenvalue weighted by Gasteiger charge is -2.08. The summed E-state index contributed by atoms with van der Waals surface area (Å²) in [4.78, 5) is 12.8. The molecule has 0 atom stereocenters. The second-order valence-electron chi connectivity index (χ2n) is 5.75. The highest BCUT2D eigenvalue weighted by Crippen LogP contribution is 2.22. The minimum Gasteiger partial charge on any atom is -0.488 e. The molecule has 3 nitrogen and oxygen atoms in total. The Morgan fingerprint density at radius 1 is 1.35 bits per heavy atom. The molecule has 23 heavy (non-hydrogen) atoms. The predicted octanol–water partition coefficient (Wildman–Crippen LogP) is 4.75. The number of carbonyl (C=O) groups is 1. The summed E-state index contributed by atoms with van der Waals surface area (Å²) in [5, 5.41) is 4.91. The average molecular weight is 329 g/mol. The summed E-state index contributed by atoms with van der Waals surface area (Å²) in [6.45, 7) is 7.30. The second-order valence-corrected chi connectivity index (χ2v) is 6.66. The number of para-hydroxylation sites is 1. The fourth-order valence-electron chi connectivity index (χ4n) is 2.04. The molecule has 0 aliphatic heterocycles. The molecule has 1 heterocycles. The first-order chi connectivity index (χ1) is 11.1. The number of ether oxygens (including phenoxy) is 1. The number of hydrogen-bond acceptors (Lipinski definition) is 3. The Bertz CT molecular complexity index is 674. The van der Waals surface area contributed by atoms with E-state index in [0.29, 0.717) is 19.1 Å². The number of nitrogens with one attached hydrogen (secondary N) is 1. The van der Waals surface area contributed by atoms with Gasteiger partial charge in [0.15, 0.2) is 0 Å². The maximum absolute atomic E-state index is 12.0. The number of hydrogen-bond donors (Lipinski definition) is 1. The largest absolute Gasteiger partial charge is 0.488 e. The van der Waals surface area contributed by atoms with Gasteiger partial charge in [-0.25, -0.2) is 0 Å². The highest BCUT2D eigenvalue weighted by molar-refractivity contribution is 7.12. The van der Waals surface area contributed by atoms with Gasteiger partial charge < -0.3 is 10.1 Å². The summed E-state index contributed by atoms with van der Waals surface area (Å²) in [5.74, 6) is 1.29. The number of amides is 1. The lowest BCUT2D eigenvalue weighted by Crippen LogP contribution is -2.26. The van der Waals surface area contributed by atoms with Gasteiger partial charge in [0.1, 0.15) is 12.4 Å². The Morgan fingerprint density at radius 2 is 2.13 bits per heavy atom. The lowest BCUT2D eigenvalue weighted by molar-refractivity contribution is 0.0953. The zero-order valence-corrected chi connectivity index (χ0v) is 14.7. The van der Waals surface area contributed by atoms with Crippen molar-refractivity contribution in [2.75, 3.05) is 6.54 Å². The third kappa shape index (κ3) is 5.25. The minimum absolute atomic E-state index is 0.00994. The monoisotopic (exact) mass is 329 g/mol. The van der Waals surface area contributed by atoms with Gasteiger partial charge in [0.2, 0.25) is 0 Å². The van der Waals surface area contributed by atoms with E-state index in [9.17, 15) is 4.79 Å². The molecule has 2 rings (SSSR count). The molecular weight excluding hydrogens is 306 g/mol. The van der Waals surface area contributed by atoms with Crippen molar-refractivity contribution in [1.82, 2.24) is 5.32 Å². The van der Waals surface area contributed by atoms with Gasteiger partial charge in [-0.3, -0.25) is 4.79 Å². The first-order valence-corrected chi connectivity index (χ1v) is 8.68. The standard InChI is InChI=1S/C19H23NO2S/c1-4-7-16-8-5-6-9-17(16)22-12-15-10-18(23-13-15)19(21)20-11-14(2)3/h4-10,13-14H,11-12H2,1-3H3,(H,20,21)/b7-4+. The quantitative estimate of drug-likeness (QED) is 0.796. The van der Waals surface area contributed by atoms with Crippen LogP contribution in [0.25, 0.3) is 6.08 Å². The van der Waals surface area contributed by atoms with Gasteiger partial charge >= 0.3 is 0 Å². The molecular formula is C19H23NO2S.